The van der Waals surface area contributed by atoms with Crippen molar-refractivity contribution in [3.05, 3.63) is 75.8 Å². The number of aromatic nitrogens is 1. The highest BCUT2D eigenvalue weighted by atomic mass is 35.5. The fraction of sp³-hybridized carbons (Fsp3) is 0.200. The third kappa shape index (κ3) is 2.94. The molecule has 2 aromatic carbocycles. The van der Waals surface area contributed by atoms with Crippen LogP contribution >= 0.6 is 11.6 Å². The number of carbonyl (C=O) groups is 1. The van der Waals surface area contributed by atoms with Crippen LogP contribution in [0.4, 0.5) is 0 Å². The molecule has 4 nitrogen and oxygen atoms in total. The number of fused-ring (bicyclic) bond motifs is 1. The van der Waals surface area contributed by atoms with E-state index in [2.05, 4.69) is 22.4 Å². The van der Waals surface area contributed by atoms with Crippen molar-refractivity contribution in [3.8, 4) is 11.3 Å². The number of benzene rings is 2. The van der Waals surface area contributed by atoms with Crippen molar-refractivity contribution in [2.75, 3.05) is 6.54 Å². The molecule has 0 aliphatic carbocycles. The maximum absolute atomic E-state index is 12.1. The Morgan fingerprint density at radius 3 is 2.80 bits per heavy atom. The number of nitrogens with one attached hydrogen (secondary N) is 1. The molecule has 25 heavy (non-hydrogen) atoms. The van der Waals surface area contributed by atoms with Crippen LogP contribution in [-0.4, -0.2) is 17.4 Å². The highest BCUT2D eigenvalue weighted by Crippen LogP contribution is 2.31. The van der Waals surface area contributed by atoms with Gasteiger partial charge in [-0.2, -0.15) is 0 Å². The van der Waals surface area contributed by atoms with E-state index >= 15 is 0 Å². The molecule has 0 atom stereocenters. The van der Waals surface area contributed by atoms with E-state index in [0.29, 0.717) is 12.1 Å². The van der Waals surface area contributed by atoms with E-state index in [1.54, 1.807) is 6.26 Å². The lowest BCUT2D eigenvalue weighted by Crippen LogP contribution is -2.32. The summed E-state index contributed by atoms with van der Waals surface area (Å²) in [4.78, 5) is 16.3. The molecule has 4 rings (SSSR count). The largest absolute Gasteiger partial charge is 0.451 e. The van der Waals surface area contributed by atoms with E-state index in [1.165, 1.54) is 6.39 Å². The predicted molar refractivity (Wildman–Crippen MR) is 97.0 cm³/mol. The third-order valence-electron chi connectivity index (χ3n) is 4.70. The van der Waals surface area contributed by atoms with Crippen molar-refractivity contribution in [3.63, 3.8) is 0 Å². The van der Waals surface area contributed by atoms with Gasteiger partial charge in [0.05, 0.1) is 0 Å². The molecule has 1 amide bonds. The van der Waals surface area contributed by atoms with E-state index in [0.717, 1.165) is 51.4 Å². The van der Waals surface area contributed by atoms with E-state index in [4.69, 9.17) is 16.0 Å². The Morgan fingerprint density at radius 1 is 1.28 bits per heavy atom. The van der Waals surface area contributed by atoms with Gasteiger partial charge in [-0.15, -0.1) is 0 Å². The second-order valence-corrected chi connectivity index (χ2v) is 6.63. The summed E-state index contributed by atoms with van der Waals surface area (Å²) in [6, 6.07) is 10.2. The molecule has 1 N–H and O–H groups in total. The summed E-state index contributed by atoms with van der Waals surface area (Å²) in [6.45, 7) is 2.67. The van der Waals surface area contributed by atoms with Crippen LogP contribution in [0.15, 0.2) is 47.4 Å². The summed E-state index contributed by atoms with van der Waals surface area (Å²) in [5, 5.41) is 3.61. The minimum absolute atomic E-state index is 0.0363. The molecule has 0 radical (unpaired) electrons. The second kappa shape index (κ2) is 6.37. The number of nitrogens with zero attached hydrogens (tertiary/aromatic N) is 1. The molecule has 0 spiro atoms. The number of oxazole rings is 1. The molecule has 3 aromatic rings. The van der Waals surface area contributed by atoms with Crippen LogP contribution in [0, 0.1) is 6.92 Å². The lowest BCUT2D eigenvalue weighted by molar-refractivity contribution is 0.0946. The highest BCUT2D eigenvalue weighted by molar-refractivity contribution is 6.32. The van der Waals surface area contributed by atoms with Crippen LogP contribution in [-0.2, 0) is 12.8 Å². The lowest BCUT2D eigenvalue weighted by Gasteiger charge is -2.21. The molecular weight excluding hydrogens is 336 g/mol. The first kappa shape index (κ1) is 15.9. The number of hydrogen-bond acceptors (Lipinski definition) is 3. The first-order valence-electron chi connectivity index (χ1n) is 8.20. The van der Waals surface area contributed by atoms with Crippen molar-refractivity contribution >= 4 is 17.5 Å². The van der Waals surface area contributed by atoms with Crippen molar-refractivity contribution in [1.82, 2.24) is 10.3 Å². The molecule has 0 saturated carbocycles. The smallest absolute Gasteiger partial charge is 0.251 e. The summed E-state index contributed by atoms with van der Waals surface area (Å²) in [7, 11) is 0. The maximum Gasteiger partial charge on any atom is 0.251 e. The third-order valence-corrected chi connectivity index (χ3v) is 5.21. The molecule has 1 aromatic heterocycles. The average molecular weight is 353 g/mol. The summed E-state index contributed by atoms with van der Waals surface area (Å²) in [5.74, 6) is -0.0363. The van der Waals surface area contributed by atoms with Gasteiger partial charge in [-0.25, -0.2) is 4.98 Å². The number of amides is 1. The summed E-state index contributed by atoms with van der Waals surface area (Å²) < 4.78 is 5.02. The number of carbonyl (C=O) groups excluding carboxylic acids is 1. The SMILES string of the molecule is Cc1c(Cc2ccc(-c3cocn3)cc2)cc2c(c1Cl)CCNC2=O. The fourth-order valence-corrected chi connectivity index (χ4v) is 3.57. The zero-order valence-corrected chi connectivity index (χ0v) is 14.6. The van der Waals surface area contributed by atoms with Crippen LogP contribution < -0.4 is 5.32 Å². The Kier molecular flexibility index (Phi) is 4.06. The normalized spacial score (nSPS) is 13.4. The molecule has 1 aliphatic heterocycles. The van der Waals surface area contributed by atoms with Gasteiger partial charge in [-0.3, -0.25) is 4.79 Å². The second-order valence-electron chi connectivity index (χ2n) is 6.25. The van der Waals surface area contributed by atoms with Crippen molar-refractivity contribution < 1.29 is 9.21 Å². The molecule has 1 aliphatic rings. The Labute approximate surface area is 150 Å². The molecule has 0 fully saturated rings. The standard InChI is InChI=1S/C20H17ClN2O2/c1-12-15(9-17-16(19(12)21)6-7-22-20(17)24)8-13-2-4-14(5-3-13)18-10-25-11-23-18/h2-5,9-11H,6-8H2,1H3,(H,22,24). The van der Waals surface area contributed by atoms with Crippen molar-refractivity contribution in [2.45, 2.75) is 19.8 Å². The molecule has 0 bridgehead atoms. The first-order valence-corrected chi connectivity index (χ1v) is 8.58. The van der Waals surface area contributed by atoms with Gasteiger partial charge in [0.25, 0.3) is 5.91 Å². The van der Waals surface area contributed by atoms with Gasteiger partial charge in [-0.05, 0) is 48.1 Å². The monoisotopic (exact) mass is 352 g/mol. The van der Waals surface area contributed by atoms with Crippen molar-refractivity contribution in [1.29, 1.82) is 0 Å². The Bertz CT molecular complexity index is 931. The minimum atomic E-state index is -0.0363. The van der Waals surface area contributed by atoms with Crippen LogP contribution in [0.25, 0.3) is 11.3 Å². The van der Waals surface area contributed by atoms with E-state index in [1.807, 2.05) is 25.1 Å². The van der Waals surface area contributed by atoms with E-state index in [-0.39, 0.29) is 5.91 Å². The van der Waals surface area contributed by atoms with Gasteiger partial charge in [0.2, 0.25) is 0 Å². The van der Waals surface area contributed by atoms with Gasteiger partial charge in [0.1, 0.15) is 12.0 Å². The molecule has 2 heterocycles. The van der Waals surface area contributed by atoms with Crippen molar-refractivity contribution in [2.24, 2.45) is 0 Å². The van der Waals surface area contributed by atoms with Gasteiger partial charge >= 0.3 is 0 Å². The number of halogens is 1. The van der Waals surface area contributed by atoms with Crippen LogP contribution in [0.5, 0.6) is 0 Å². The molecule has 126 valence electrons. The van der Waals surface area contributed by atoms with Gasteiger partial charge < -0.3 is 9.73 Å². The average Bonchev–Trinajstić information content (AvgIpc) is 3.16. The van der Waals surface area contributed by atoms with Gasteiger partial charge in [-0.1, -0.05) is 35.9 Å². The van der Waals surface area contributed by atoms with Gasteiger partial charge in [0, 0.05) is 22.7 Å². The zero-order chi connectivity index (χ0) is 17.4. The summed E-state index contributed by atoms with van der Waals surface area (Å²) in [6.07, 6.45) is 4.56. The molecule has 5 heteroatoms. The van der Waals surface area contributed by atoms with E-state index < -0.39 is 0 Å². The van der Waals surface area contributed by atoms with E-state index in [9.17, 15) is 4.79 Å². The first-order chi connectivity index (χ1) is 12.1. The van der Waals surface area contributed by atoms with Crippen LogP contribution in [0.1, 0.15) is 32.6 Å². The maximum atomic E-state index is 12.1. The molecule has 0 saturated heterocycles. The topological polar surface area (TPSA) is 55.1 Å². The summed E-state index contributed by atoms with van der Waals surface area (Å²) >= 11 is 6.54. The van der Waals surface area contributed by atoms with Gasteiger partial charge in [0.15, 0.2) is 6.39 Å². The highest BCUT2D eigenvalue weighted by Gasteiger charge is 2.22. The Balaban J connectivity index is 1.66. The minimum Gasteiger partial charge on any atom is -0.451 e. The molecular formula is C20H17ClN2O2. The Hall–Kier alpha value is -2.59. The predicted octanol–water partition coefficient (Wildman–Crippen LogP) is 4.18. The summed E-state index contributed by atoms with van der Waals surface area (Å²) in [5.41, 5.74) is 6.78. The Morgan fingerprint density at radius 2 is 2.08 bits per heavy atom. The fourth-order valence-electron chi connectivity index (χ4n) is 3.25. The zero-order valence-electron chi connectivity index (χ0n) is 13.8. The number of rotatable bonds is 3. The lowest BCUT2D eigenvalue weighted by atomic mass is 9.91. The van der Waals surface area contributed by atoms with Crippen LogP contribution in [0.2, 0.25) is 5.02 Å². The van der Waals surface area contributed by atoms with Crippen LogP contribution in [0.3, 0.4) is 0 Å². The molecule has 0 unspecified atom stereocenters. The number of hydrogen-bond donors (Lipinski definition) is 1. The quantitative estimate of drug-likeness (QED) is 0.769.